The Morgan fingerprint density at radius 1 is 0.744 bits per heavy atom. The average Bonchev–Trinajstić information content (AvgIpc) is 3.43. The van der Waals surface area contributed by atoms with Crippen molar-refractivity contribution < 1.29 is 19.1 Å². The predicted octanol–water partition coefficient (Wildman–Crippen LogP) is 5.40. The maximum Gasteiger partial charge on any atom is 0.331 e. The number of nitrogens with zero attached hydrogens (tertiary/aromatic N) is 2. The van der Waals surface area contributed by atoms with Gasteiger partial charge in [-0.2, -0.15) is 0 Å². The number of methoxy groups -OCH3 is 1. The topological polar surface area (TPSA) is 66.9 Å². The van der Waals surface area contributed by atoms with Crippen LogP contribution in [0.25, 0.3) is 11.1 Å². The molecule has 39 heavy (non-hydrogen) atoms. The second-order valence-electron chi connectivity index (χ2n) is 9.96. The maximum atomic E-state index is 14.7. The number of hydrogen-bond donors (Lipinski definition) is 0. The van der Waals surface area contributed by atoms with E-state index in [1.807, 2.05) is 109 Å². The molecule has 194 valence electrons. The van der Waals surface area contributed by atoms with Gasteiger partial charge in [-0.1, -0.05) is 109 Å². The van der Waals surface area contributed by atoms with Crippen LogP contribution in [0.3, 0.4) is 0 Å². The molecule has 0 radical (unpaired) electrons. The number of rotatable bonds is 6. The van der Waals surface area contributed by atoms with Gasteiger partial charge in [-0.25, -0.2) is 9.59 Å². The number of ketones is 1. The third kappa shape index (κ3) is 3.59. The molecule has 4 aromatic carbocycles. The number of Topliss-reactive ketones (excluding diaryl/α,β-unsaturated/α-hetero) is 1. The van der Waals surface area contributed by atoms with Crippen molar-refractivity contribution in [3.8, 4) is 11.1 Å². The molecule has 1 aliphatic carbocycles. The molecule has 0 bridgehead atoms. The molecule has 6 heteroatoms. The Kier molecular flexibility index (Phi) is 6.03. The van der Waals surface area contributed by atoms with Crippen molar-refractivity contribution in [2.45, 2.75) is 31.1 Å². The number of amides is 2. The molecule has 2 aliphatic rings. The zero-order valence-electron chi connectivity index (χ0n) is 21.8. The highest BCUT2D eigenvalue weighted by Crippen LogP contribution is 2.56. The highest BCUT2D eigenvalue weighted by atomic mass is 16.5. The Balaban J connectivity index is 1.67. The smallest absolute Gasteiger partial charge is 0.331 e. The van der Waals surface area contributed by atoms with Gasteiger partial charge in [0.2, 0.25) is 0 Å². The van der Waals surface area contributed by atoms with E-state index >= 15 is 0 Å². The van der Waals surface area contributed by atoms with Gasteiger partial charge in [0.15, 0.2) is 11.8 Å². The van der Waals surface area contributed by atoms with Crippen molar-refractivity contribution in [3.63, 3.8) is 0 Å². The van der Waals surface area contributed by atoms with E-state index in [-0.39, 0.29) is 12.3 Å². The molecular formula is C33H28N2O4. The van der Waals surface area contributed by atoms with Crippen LogP contribution in [0, 0.1) is 0 Å². The third-order valence-corrected chi connectivity index (χ3v) is 7.90. The maximum absolute atomic E-state index is 14.7. The molecule has 0 saturated carbocycles. The lowest BCUT2D eigenvalue weighted by molar-refractivity contribution is -0.149. The van der Waals surface area contributed by atoms with Crippen LogP contribution in [0.4, 0.5) is 4.79 Å². The van der Waals surface area contributed by atoms with Gasteiger partial charge in [-0.3, -0.25) is 9.69 Å². The van der Waals surface area contributed by atoms with Crippen molar-refractivity contribution in [2.75, 3.05) is 7.11 Å². The van der Waals surface area contributed by atoms with Crippen molar-refractivity contribution in [1.29, 1.82) is 0 Å². The lowest BCUT2D eigenvalue weighted by Crippen LogP contribution is -2.56. The van der Waals surface area contributed by atoms with E-state index in [0.29, 0.717) is 0 Å². The summed E-state index contributed by atoms with van der Waals surface area (Å²) in [6.07, 6.45) is 0. The molecule has 1 saturated heterocycles. The summed E-state index contributed by atoms with van der Waals surface area (Å²) in [5.74, 6) is -0.906. The molecule has 6 nitrogen and oxygen atoms in total. The number of hydrogen-bond acceptors (Lipinski definition) is 4. The van der Waals surface area contributed by atoms with Gasteiger partial charge >= 0.3 is 12.0 Å². The molecule has 0 aromatic heterocycles. The van der Waals surface area contributed by atoms with E-state index in [9.17, 15) is 14.4 Å². The number of benzene rings is 4. The Morgan fingerprint density at radius 3 is 1.79 bits per heavy atom. The summed E-state index contributed by atoms with van der Waals surface area (Å²) < 4.78 is 5.30. The molecule has 0 unspecified atom stereocenters. The fourth-order valence-corrected chi connectivity index (χ4v) is 6.38. The van der Waals surface area contributed by atoms with Crippen LogP contribution >= 0.6 is 0 Å². The van der Waals surface area contributed by atoms with Gasteiger partial charge in [0.05, 0.1) is 7.11 Å². The Bertz CT molecular complexity index is 1520. The van der Waals surface area contributed by atoms with Crippen LogP contribution in [-0.2, 0) is 26.4 Å². The van der Waals surface area contributed by atoms with E-state index in [2.05, 4.69) is 0 Å². The van der Waals surface area contributed by atoms with Crippen LogP contribution in [0.5, 0.6) is 0 Å². The second kappa shape index (κ2) is 9.55. The summed E-state index contributed by atoms with van der Waals surface area (Å²) in [7, 11) is 1.30. The Labute approximate surface area is 227 Å². The summed E-state index contributed by atoms with van der Waals surface area (Å²) in [6, 6.07) is 32.6. The summed E-state index contributed by atoms with van der Waals surface area (Å²) in [6.45, 7) is 1.61. The average molecular weight is 517 g/mol. The van der Waals surface area contributed by atoms with Gasteiger partial charge < -0.3 is 9.64 Å². The number of carbonyl (C=O) groups excluding carboxylic acids is 3. The van der Waals surface area contributed by atoms with Gasteiger partial charge in [0.25, 0.3) is 0 Å². The molecule has 2 atom stereocenters. The molecule has 4 aromatic rings. The lowest BCUT2D eigenvalue weighted by Gasteiger charge is -2.43. The summed E-state index contributed by atoms with van der Waals surface area (Å²) in [4.78, 5) is 44.8. The molecule has 2 amide bonds. The standard InChI is InChI=1S/C33H28N2O4/c1-22(36)29-30(31(37)39-2)35(32(38)34(29)21-23-13-5-3-6-14-23)33(24-15-7-4-8-16-24)27-19-11-9-17-25(27)26-18-10-12-20-28(26)33/h3-20,29-30H,21H2,1-2H3/t29-,30+/m1/s1. The van der Waals surface area contributed by atoms with E-state index < -0.39 is 29.6 Å². The first kappa shape index (κ1) is 24.6. The monoisotopic (exact) mass is 516 g/mol. The van der Waals surface area contributed by atoms with Gasteiger partial charge in [0.1, 0.15) is 11.6 Å². The van der Waals surface area contributed by atoms with Crippen LogP contribution < -0.4 is 0 Å². The number of fused-ring (bicyclic) bond motifs is 3. The molecule has 0 spiro atoms. The first-order valence-electron chi connectivity index (χ1n) is 13.0. The van der Waals surface area contributed by atoms with E-state index in [1.54, 1.807) is 4.90 Å². The SMILES string of the molecule is COC(=O)[C@@H]1[C@@H](C(C)=O)N(Cc2ccccc2)C(=O)N1C1(c2ccccc2)c2ccccc2-c2ccccc21. The van der Waals surface area contributed by atoms with Crippen molar-refractivity contribution in [2.24, 2.45) is 0 Å². The number of carbonyl (C=O) groups is 3. The van der Waals surface area contributed by atoms with Crippen LogP contribution in [-0.4, -0.2) is 46.8 Å². The zero-order chi connectivity index (χ0) is 27.1. The largest absolute Gasteiger partial charge is 0.467 e. The van der Waals surface area contributed by atoms with Gasteiger partial charge in [-0.15, -0.1) is 0 Å². The fourth-order valence-electron chi connectivity index (χ4n) is 6.38. The van der Waals surface area contributed by atoms with Crippen molar-refractivity contribution in [1.82, 2.24) is 9.80 Å². The highest BCUT2D eigenvalue weighted by Gasteiger charge is 2.62. The molecule has 1 aliphatic heterocycles. The highest BCUT2D eigenvalue weighted by molar-refractivity contribution is 6.01. The molecular weight excluding hydrogens is 488 g/mol. The molecule has 1 fully saturated rings. The molecule has 1 heterocycles. The Morgan fingerprint density at radius 2 is 1.26 bits per heavy atom. The number of ether oxygens (including phenoxy) is 1. The Hall–Kier alpha value is -4.71. The van der Waals surface area contributed by atoms with Gasteiger partial charge in [-0.05, 0) is 40.3 Å². The number of urea groups is 1. The first-order valence-corrected chi connectivity index (χ1v) is 13.0. The van der Waals surface area contributed by atoms with E-state index in [1.165, 1.54) is 18.9 Å². The zero-order valence-corrected chi connectivity index (χ0v) is 21.8. The van der Waals surface area contributed by atoms with Crippen LogP contribution in [0.15, 0.2) is 109 Å². The van der Waals surface area contributed by atoms with Crippen molar-refractivity contribution >= 4 is 17.8 Å². The van der Waals surface area contributed by atoms with Gasteiger partial charge in [0, 0.05) is 6.54 Å². The van der Waals surface area contributed by atoms with E-state index in [0.717, 1.165) is 33.4 Å². The number of esters is 1. The minimum atomic E-state index is -1.16. The van der Waals surface area contributed by atoms with E-state index in [4.69, 9.17) is 4.74 Å². The molecule has 6 rings (SSSR count). The fraction of sp³-hybridized carbons (Fsp3) is 0.182. The predicted molar refractivity (Wildman–Crippen MR) is 148 cm³/mol. The normalized spacial score (nSPS) is 19.0. The molecule has 0 N–H and O–H groups in total. The van der Waals surface area contributed by atoms with Crippen molar-refractivity contribution in [3.05, 3.63) is 131 Å². The second-order valence-corrected chi connectivity index (χ2v) is 9.96. The summed E-state index contributed by atoms with van der Waals surface area (Å²) in [5.41, 5.74) is 4.25. The first-order chi connectivity index (χ1) is 19.0. The van der Waals surface area contributed by atoms with Crippen LogP contribution in [0.2, 0.25) is 0 Å². The third-order valence-electron chi connectivity index (χ3n) is 7.90. The quantitative estimate of drug-likeness (QED) is 0.322. The summed E-state index contributed by atoms with van der Waals surface area (Å²) >= 11 is 0. The minimum absolute atomic E-state index is 0.183. The lowest BCUT2D eigenvalue weighted by atomic mass is 9.78. The van der Waals surface area contributed by atoms with Crippen LogP contribution in [0.1, 0.15) is 29.2 Å². The minimum Gasteiger partial charge on any atom is -0.467 e. The summed E-state index contributed by atoms with van der Waals surface area (Å²) in [5, 5.41) is 0.